The maximum atomic E-state index is 12.9. The normalized spacial score (nSPS) is 10.9. The standard InChI is InChI=1S/C8H5FINS/c1-4-2-5(9)3-6-7(4)11-8(10)12-6/h2-3H,1H3. The summed E-state index contributed by atoms with van der Waals surface area (Å²) in [5.41, 5.74) is 1.83. The second-order valence-corrected chi connectivity index (χ2v) is 5.32. The molecule has 0 saturated carbocycles. The Morgan fingerprint density at radius 2 is 2.25 bits per heavy atom. The first-order chi connectivity index (χ1) is 5.66. The minimum absolute atomic E-state index is 0.181. The first-order valence-electron chi connectivity index (χ1n) is 3.39. The number of halogens is 2. The number of rotatable bonds is 0. The van der Waals surface area contributed by atoms with E-state index in [0.29, 0.717) is 0 Å². The van der Waals surface area contributed by atoms with Gasteiger partial charge in [-0.15, -0.1) is 11.3 Å². The molecule has 4 heteroatoms. The maximum absolute atomic E-state index is 12.9. The molecule has 0 aliphatic heterocycles. The molecular weight excluding hydrogens is 288 g/mol. The zero-order chi connectivity index (χ0) is 8.72. The Balaban J connectivity index is 2.88. The number of hydrogen-bond donors (Lipinski definition) is 0. The van der Waals surface area contributed by atoms with Crippen LogP contribution in [0.25, 0.3) is 10.2 Å². The van der Waals surface area contributed by atoms with Gasteiger partial charge in [0.25, 0.3) is 0 Å². The summed E-state index contributed by atoms with van der Waals surface area (Å²) in [6.45, 7) is 1.88. The highest BCUT2D eigenvalue weighted by Gasteiger charge is 2.05. The lowest BCUT2D eigenvalue weighted by molar-refractivity contribution is 0.629. The molecular formula is C8H5FINS. The summed E-state index contributed by atoms with van der Waals surface area (Å²) < 4.78 is 14.8. The van der Waals surface area contributed by atoms with Crippen LogP contribution < -0.4 is 0 Å². The van der Waals surface area contributed by atoms with Gasteiger partial charge in [0.1, 0.15) is 5.82 Å². The van der Waals surface area contributed by atoms with Gasteiger partial charge in [-0.3, -0.25) is 0 Å². The molecule has 0 atom stereocenters. The van der Waals surface area contributed by atoms with Gasteiger partial charge in [-0.25, -0.2) is 9.37 Å². The number of hydrogen-bond acceptors (Lipinski definition) is 2. The maximum Gasteiger partial charge on any atom is 0.155 e. The molecule has 2 rings (SSSR count). The summed E-state index contributed by atoms with van der Waals surface area (Å²) >= 11 is 3.66. The smallest absolute Gasteiger partial charge is 0.155 e. The first-order valence-corrected chi connectivity index (χ1v) is 5.28. The van der Waals surface area contributed by atoms with Crippen LogP contribution in [0.5, 0.6) is 0 Å². The molecule has 0 saturated heterocycles. The van der Waals surface area contributed by atoms with E-state index >= 15 is 0 Å². The van der Waals surface area contributed by atoms with Gasteiger partial charge in [-0.1, -0.05) is 0 Å². The van der Waals surface area contributed by atoms with Crippen molar-refractivity contribution in [2.45, 2.75) is 6.92 Å². The van der Waals surface area contributed by atoms with E-state index in [1.54, 1.807) is 0 Å². The molecule has 0 radical (unpaired) electrons. The van der Waals surface area contributed by atoms with E-state index in [1.807, 2.05) is 6.92 Å². The number of benzene rings is 1. The first kappa shape index (κ1) is 8.37. The number of thiazole rings is 1. The van der Waals surface area contributed by atoms with Gasteiger partial charge in [0.2, 0.25) is 0 Å². The number of aromatic nitrogens is 1. The Kier molecular flexibility index (Phi) is 2.04. The fourth-order valence-corrected chi connectivity index (χ4v) is 2.87. The fraction of sp³-hybridized carbons (Fsp3) is 0.125. The zero-order valence-electron chi connectivity index (χ0n) is 6.27. The second-order valence-electron chi connectivity index (χ2n) is 2.54. The predicted molar refractivity (Wildman–Crippen MR) is 57.0 cm³/mol. The van der Waals surface area contributed by atoms with E-state index in [4.69, 9.17) is 0 Å². The third-order valence-electron chi connectivity index (χ3n) is 1.62. The van der Waals surface area contributed by atoms with Crippen LogP contribution in [0.2, 0.25) is 0 Å². The molecule has 0 spiro atoms. The van der Waals surface area contributed by atoms with Crippen molar-refractivity contribution in [3.05, 3.63) is 26.5 Å². The molecule has 1 nitrogen and oxygen atoms in total. The molecule has 0 fully saturated rings. The third-order valence-corrected chi connectivity index (χ3v) is 3.32. The van der Waals surface area contributed by atoms with E-state index in [-0.39, 0.29) is 5.82 Å². The van der Waals surface area contributed by atoms with Crippen molar-refractivity contribution in [2.75, 3.05) is 0 Å². The molecule has 0 bridgehead atoms. The van der Waals surface area contributed by atoms with Gasteiger partial charge in [0.05, 0.1) is 10.2 Å². The Morgan fingerprint density at radius 1 is 1.50 bits per heavy atom. The van der Waals surface area contributed by atoms with Crippen LogP contribution in [0.15, 0.2) is 12.1 Å². The highest BCUT2D eigenvalue weighted by atomic mass is 127. The lowest BCUT2D eigenvalue weighted by Crippen LogP contribution is -1.79. The number of fused-ring (bicyclic) bond motifs is 1. The average Bonchev–Trinajstić information content (AvgIpc) is 2.29. The Morgan fingerprint density at radius 3 is 3.00 bits per heavy atom. The van der Waals surface area contributed by atoms with Crippen molar-refractivity contribution in [3.63, 3.8) is 0 Å². The minimum Gasteiger partial charge on any atom is -0.230 e. The average molecular weight is 293 g/mol. The highest BCUT2D eigenvalue weighted by molar-refractivity contribution is 14.1. The summed E-state index contributed by atoms with van der Waals surface area (Å²) in [7, 11) is 0. The molecule has 0 aliphatic carbocycles. The largest absolute Gasteiger partial charge is 0.230 e. The van der Waals surface area contributed by atoms with Crippen molar-refractivity contribution in [1.82, 2.24) is 4.98 Å². The van der Waals surface area contributed by atoms with Gasteiger partial charge in [0, 0.05) is 0 Å². The summed E-state index contributed by atoms with van der Waals surface area (Å²) in [6, 6.07) is 3.04. The van der Waals surface area contributed by atoms with Crippen LogP contribution >= 0.6 is 33.9 Å². The van der Waals surface area contributed by atoms with Crippen molar-refractivity contribution in [2.24, 2.45) is 0 Å². The quantitative estimate of drug-likeness (QED) is 0.679. The van der Waals surface area contributed by atoms with Crippen molar-refractivity contribution < 1.29 is 4.39 Å². The van der Waals surface area contributed by atoms with Crippen LogP contribution in [0.4, 0.5) is 4.39 Å². The van der Waals surface area contributed by atoms with E-state index in [1.165, 1.54) is 23.5 Å². The molecule has 62 valence electrons. The molecule has 0 amide bonds. The molecule has 0 unspecified atom stereocenters. The zero-order valence-corrected chi connectivity index (χ0v) is 9.24. The Labute approximate surface area is 86.8 Å². The summed E-state index contributed by atoms with van der Waals surface area (Å²) in [4.78, 5) is 4.29. The monoisotopic (exact) mass is 293 g/mol. The Hall–Kier alpha value is -0.230. The molecule has 12 heavy (non-hydrogen) atoms. The van der Waals surface area contributed by atoms with Crippen LogP contribution in [0, 0.1) is 15.8 Å². The Bertz CT molecular complexity index is 438. The lowest BCUT2D eigenvalue weighted by Gasteiger charge is -1.93. The second kappa shape index (κ2) is 2.92. The van der Waals surface area contributed by atoms with Gasteiger partial charge in [-0.2, -0.15) is 0 Å². The number of aryl methyl sites for hydroxylation is 1. The van der Waals surface area contributed by atoms with Crippen LogP contribution in [0.3, 0.4) is 0 Å². The molecule has 0 N–H and O–H groups in total. The fourth-order valence-electron chi connectivity index (χ4n) is 1.13. The molecule has 1 aromatic heterocycles. The molecule has 1 heterocycles. The van der Waals surface area contributed by atoms with E-state index < -0.39 is 0 Å². The van der Waals surface area contributed by atoms with Crippen LogP contribution in [0.1, 0.15) is 5.56 Å². The van der Waals surface area contributed by atoms with Crippen molar-refractivity contribution >= 4 is 44.1 Å². The number of nitrogens with zero attached hydrogens (tertiary/aromatic N) is 1. The SMILES string of the molecule is Cc1cc(F)cc2sc(I)nc12. The van der Waals surface area contributed by atoms with E-state index in [0.717, 1.165) is 18.8 Å². The van der Waals surface area contributed by atoms with Gasteiger partial charge in [0.15, 0.2) is 3.01 Å². The highest BCUT2D eigenvalue weighted by Crippen LogP contribution is 2.26. The molecule has 2 aromatic rings. The van der Waals surface area contributed by atoms with Crippen LogP contribution in [-0.4, -0.2) is 4.98 Å². The minimum atomic E-state index is -0.181. The summed E-state index contributed by atoms with van der Waals surface area (Å²) in [5.74, 6) is -0.181. The molecule has 0 aliphatic rings. The van der Waals surface area contributed by atoms with E-state index in [9.17, 15) is 4.39 Å². The van der Waals surface area contributed by atoms with Crippen molar-refractivity contribution in [1.29, 1.82) is 0 Å². The van der Waals surface area contributed by atoms with E-state index in [2.05, 4.69) is 27.6 Å². The molecule has 1 aromatic carbocycles. The predicted octanol–water partition coefficient (Wildman–Crippen LogP) is 3.35. The van der Waals surface area contributed by atoms with Gasteiger partial charge in [-0.05, 0) is 47.2 Å². The summed E-state index contributed by atoms with van der Waals surface area (Å²) in [6.07, 6.45) is 0. The summed E-state index contributed by atoms with van der Waals surface area (Å²) in [5, 5.41) is 0. The van der Waals surface area contributed by atoms with Crippen LogP contribution in [-0.2, 0) is 0 Å². The lowest BCUT2D eigenvalue weighted by atomic mass is 10.2. The third kappa shape index (κ3) is 1.33. The van der Waals surface area contributed by atoms with Gasteiger partial charge < -0.3 is 0 Å². The van der Waals surface area contributed by atoms with Crippen molar-refractivity contribution in [3.8, 4) is 0 Å². The topological polar surface area (TPSA) is 12.9 Å². The van der Waals surface area contributed by atoms with Gasteiger partial charge >= 0.3 is 0 Å².